The van der Waals surface area contributed by atoms with Crippen LogP contribution in [0.25, 0.3) is 17.0 Å². The Hall–Kier alpha value is -3.32. The second-order valence-electron chi connectivity index (χ2n) is 7.98. The first-order chi connectivity index (χ1) is 15.4. The van der Waals surface area contributed by atoms with Gasteiger partial charge in [0.05, 0.1) is 4.91 Å². The van der Waals surface area contributed by atoms with Crippen molar-refractivity contribution >= 4 is 51.5 Å². The molecule has 1 saturated heterocycles. The van der Waals surface area contributed by atoms with Gasteiger partial charge < -0.3 is 9.88 Å². The van der Waals surface area contributed by atoms with Gasteiger partial charge in [-0.05, 0) is 54.4 Å². The lowest BCUT2D eigenvalue weighted by Crippen LogP contribution is -2.36. The molecule has 32 heavy (non-hydrogen) atoms. The predicted octanol–water partition coefficient (Wildman–Crippen LogP) is 5.46. The van der Waals surface area contributed by atoms with Gasteiger partial charge >= 0.3 is 0 Å². The number of aromatic nitrogens is 1. The zero-order valence-corrected chi connectivity index (χ0v) is 19.1. The fourth-order valence-corrected chi connectivity index (χ4v) is 4.55. The zero-order valence-electron chi connectivity index (χ0n) is 18.3. The van der Waals surface area contributed by atoms with E-state index in [9.17, 15) is 14.4 Å². The molecule has 1 N–H and O–H groups in total. The van der Waals surface area contributed by atoms with Crippen LogP contribution in [-0.4, -0.2) is 33.1 Å². The third-order valence-corrected chi connectivity index (χ3v) is 6.39. The second kappa shape index (κ2) is 9.04. The lowest BCUT2D eigenvalue weighted by molar-refractivity contribution is -0.127. The normalized spacial score (nSPS) is 15.4. The molecule has 0 saturated carbocycles. The molecule has 2 aromatic carbocycles. The molecule has 0 unspecified atom stereocenters. The third-order valence-electron chi connectivity index (χ3n) is 5.48. The van der Waals surface area contributed by atoms with Crippen LogP contribution >= 0.6 is 11.8 Å². The summed E-state index contributed by atoms with van der Waals surface area (Å²) in [6.45, 7) is 6.74. The molecule has 0 aliphatic carbocycles. The minimum absolute atomic E-state index is 0.315. The number of nitrogens with one attached hydrogen (secondary N) is 1. The number of carbonyl (C=O) groups is 3. The van der Waals surface area contributed by atoms with Crippen molar-refractivity contribution in [2.75, 3.05) is 11.9 Å². The fraction of sp³-hybridized carbons (Fsp3) is 0.240. The molecule has 3 amide bonds. The maximum atomic E-state index is 12.9. The van der Waals surface area contributed by atoms with Gasteiger partial charge in [0, 0.05) is 34.9 Å². The summed E-state index contributed by atoms with van der Waals surface area (Å²) in [4.78, 5) is 39.1. The first-order valence-electron chi connectivity index (χ1n) is 10.6. The van der Waals surface area contributed by atoms with Crippen molar-refractivity contribution in [3.63, 3.8) is 0 Å². The number of thioether (sulfide) groups is 1. The Bertz CT molecular complexity index is 1220. The molecule has 0 radical (unpaired) electrons. The van der Waals surface area contributed by atoms with Gasteiger partial charge in [-0.3, -0.25) is 19.3 Å². The van der Waals surface area contributed by atoms with Crippen LogP contribution in [0.15, 0.2) is 59.6 Å². The lowest BCUT2D eigenvalue weighted by atomic mass is 10.0. The standard InChI is InChI=1S/C25H25N3O3S/c1-4-27-14-18(20-7-5-6-8-21(20)27)13-22-24(30)28(25(31)32-22)15-23(29)26-19-11-9-17(10-12-19)16(2)3/h5-14,16H,4,15H2,1-3H3,(H,26,29)/b22-13-. The van der Waals surface area contributed by atoms with Gasteiger partial charge in [0.1, 0.15) is 6.54 Å². The van der Waals surface area contributed by atoms with Gasteiger partial charge in [-0.1, -0.05) is 44.2 Å². The molecule has 1 fully saturated rings. The number of aryl methyl sites for hydroxylation is 1. The van der Waals surface area contributed by atoms with Crippen LogP contribution in [0.4, 0.5) is 10.5 Å². The summed E-state index contributed by atoms with van der Waals surface area (Å²) in [6, 6.07) is 15.5. The van der Waals surface area contributed by atoms with Crippen LogP contribution < -0.4 is 5.32 Å². The Morgan fingerprint density at radius 2 is 1.81 bits per heavy atom. The van der Waals surface area contributed by atoms with Crippen molar-refractivity contribution in [1.29, 1.82) is 0 Å². The van der Waals surface area contributed by atoms with Crippen molar-refractivity contribution in [3.05, 3.63) is 70.8 Å². The molecule has 4 rings (SSSR count). The van der Waals surface area contributed by atoms with E-state index in [0.717, 1.165) is 39.7 Å². The number of imide groups is 1. The van der Waals surface area contributed by atoms with E-state index in [1.54, 1.807) is 6.08 Å². The summed E-state index contributed by atoms with van der Waals surface area (Å²) < 4.78 is 2.10. The zero-order chi connectivity index (χ0) is 22.8. The number of benzene rings is 2. The maximum Gasteiger partial charge on any atom is 0.294 e. The van der Waals surface area contributed by atoms with Crippen molar-refractivity contribution < 1.29 is 14.4 Å². The van der Waals surface area contributed by atoms with Gasteiger partial charge in [0.2, 0.25) is 5.91 Å². The van der Waals surface area contributed by atoms with E-state index in [2.05, 4.69) is 30.7 Å². The van der Waals surface area contributed by atoms with E-state index in [1.165, 1.54) is 5.56 Å². The molecule has 0 atom stereocenters. The van der Waals surface area contributed by atoms with Gasteiger partial charge in [-0.2, -0.15) is 0 Å². The molecule has 6 nitrogen and oxygen atoms in total. The highest BCUT2D eigenvalue weighted by Gasteiger charge is 2.36. The van der Waals surface area contributed by atoms with Gasteiger partial charge in [-0.25, -0.2) is 0 Å². The van der Waals surface area contributed by atoms with E-state index in [0.29, 0.717) is 16.5 Å². The van der Waals surface area contributed by atoms with Crippen LogP contribution in [0, 0.1) is 0 Å². The van der Waals surface area contributed by atoms with E-state index in [1.807, 2.05) is 54.7 Å². The van der Waals surface area contributed by atoms with Crippen LogP contribution in [0.3, 0.4) is 0 Å². The molecule has 3 aromatic rings. The molecule has 1 aliphatic heterocycles. The van der Waals surface area contributed by atoms with Gasteiger partial charge in [-0.15, -0.1) is 0 Å². The minimum atomic E-state index is -0.446. The van der Waals surface area contributed by atoms with E-state index in [-0.39, 0.29) is 6.54 Å². The Kier molecular flexibility index (Phi) is 6.19. The van der Waals surface area contributed by atoms with Crippen molar-refractivity contribution in [2.45, 2.75) is 33.2 Å². The summed E-state index contributed by atoms with van der Waals surface area (Å²) in [6.07, 6.45) is 3.72. The van der Waals surface area contributed by atoms with Gasteiger partial charge in [0.25, 0.3) is 11.1 Å². The average Bonchev–Trinajstić information content (AvgIpc) is 3.26. The van der Waals surface area contributed by atoms with Crippen LogP contribution in [0.2, 0.25) is 0 Å². The molecule has 0 spiro atoms. The number of hydrogen-bond acceptors (Lipinski definition) is 4. The summed E-state index contributed by atoms with van der Waals surface area (Å²) in [5.74, 6) is -0.458. The molecule has 164 valence electrons. The Labute approximate surface area is 191 Å². The minimum Gasteiger partial charge on any atom is -0.347 e. The molecule has 7 heteroatoms. The number of para-hydroxylation sites is 1. The molecular weight excluding hydrogens is 422 g/mol. The first kappa shape index (κ1) is 21.9. The van der Waals surface area contributed by atoms with Crippen LogP contribution in [0.1, 0.15) is 37.8 Å². The number of anilines is 1. The highest BCUT2D eigenvalue weighted by molar-refractivity contribution is 8.18. The maximum absolute atomic E-state index is 12.9. The summed E-state index contributed by atoms with van der Waals surface area (Å²) in [7, 11) is 0. The van der Waals surface area contributed by atoms with Crippen LogP contribution in [-0.2, 0) is 16.1 Å². The van der Waals surface area contributed by atoms with E-state index < -0.39 is 17.1 Å². The van der Waals surface area contributed by atoms with Crippen molar-refractivity contribution in [1.82, 2.24) is 9.47 Å². The Balaban J connectivity index is 1.49. The lowest BCUT2D eigenvalue weighted by Gasteiger charge is -2.13. The molecule has 1 aliphatic rings. The average molecular weight is 448 g/mol. The second-order valence-corrected chi connectivity index (χ2v) is 8.97. The molecular formula is C25H25N3O3S. The van der Waals surface area contributed by atoms with Crippen molar-refractivity contribution in [2.24, 2.45) is 0 Å². The van der Waals surface area contributed by atoms with Gasteiger partial charge in [0.15, 0.2) is 0 Å². The fourth-order valence-electron chi connectivity index (χ4n) is 3.72. The smallest absolute Gasteiger partial charge is 0.294 e. The molecule has 1 aromatic heterocycles. The number of rotatable bonds is 6. The monoisotopic (exact) mass is 447 g/mol. The largest absolute Gasteiger partial charge is 0.347 e. The topological polar surface area (TPSA) is 71.4 Å². The first-order valence-corrected chi connectivity index (χ1v) is 11.4. The summed E-state index contributed by atoms with van der Waals surface area (Å²) >= 11 is 0.865. The molecule has 2 heterocycles. The SMILES string of the molecule is CCn1cc(/C=C2\SC(=O)N(CC(=O)Nc3ccc(C(C)C)cc3)C2=O)c2ccccc21. The summed E-state index contributed by atoms with van der Waals surface area (Å²) in [5.41, 5.74) is 3.75. The highest BCUT2D eigenvalue weighted by Crippen LogP contribution is 2.34. The van der Waals surface area contributed by atoms with Crippen LogP contribution in [0.5, 0.6) is 0 Å². The predicted molar refractivity (Wildman–Crippen MR) is 129 cm³/mol. The number of fused-ring (bicyclic) bond motifs is 1. The number of carbonyl (C=O) groups excluding carboxylic acids is 3. The Morgan fingerprint density at radius 3 is 2.50 bits per heavy atom. The van der Waals surface area contributed by atoms with E-state index >= 15 is 0 Å². The summed E-state index contributed by atoms with van der Waals surface area (Å²) in [5, 5.41) is 3.34. The van der Waals surface area contributed by atoms with Crippen molar-refractivity contribution in [3.8, 4) is 0 Å². The number of amides is 3. The third kappa shape index (κ3) is 4.34. The number of nitrogens with zero attached hydrogens (tertiary/aromatic N) is 2. The van der Waals surface area contributed by atoms with E-state index in [4.69, 9.17) is 0 Å². The highest BCUT2D eigenvalue weighted by atomic mass is 32.2. The Morgan fingerprint density at radius 1 is 1.09 bits per heavy atom. The quantitative estimate of drug-likeness (QED) is 0.510. The number of hydrogen-bond donors (Lipinski definition) is 1. The molecule has 0 bridgehead atoms.